The highest BCUT2D eigenvalue weighted by Crippen LogP contribution is 2.35. The van der Waals surface area contributed by atoms with Crippen molar-refractivity contribution >= 4 is 82.8 Å². The number of rotatable bonds is 8. The van der Waals surface area contributed by atoms with Crippen LogP contribution in [-0.4, -0.2) is 60.3 Å². The number of fused-ring (bicyclic) bond motifs is 1. The van der Waals surface area contributed by atoms with Crippen LogP contribution in [-0.2, 0) is 16.2 Å². The number of imidazole rings is 1. The van der Waals surface area contributed by atoms with Crippen molar-refractivity contribution in [1.29, 1.82) is 0 Å². The minimum atomic E-state index is -0.328. The molecule has 3 aromatic rings. The van der Waals surface area contributed by atoms with Crippen LogP contribution in [0.5, 0.6) is 5.75 Å². The molecule has 0 unspecified atom stereocenters. The molecule has 0 radical (unpaired) electrons. The van der Waals surface area contributed by atoms with E-state index in [1.165, 1.54) is 4.90 Å². The Hall–Kier alpha value is -1.94. The Morgan fingerprint density at radius 1 is 1.11 bits per heavy atom. The first-order chi connectivity index (χ1) is 15.6. The quantitative estimate of drug-likeness (QED) is 0.416. The second-order valence-electron chi connectivity index (χ2n) is 7.67. The summed E-state index contributed by atoms with van der Waals surface area (Å²) in [5.74, 6) is -0.0647. The molecule has 2 heterocycles. The molecule has 35 heavy (non-hydrogen) atoms. The van der Waals surface area contributed by atoms with Crippen molar-refractivity contribution in [1.82, 2.24) is 19.6 Å². The first-order valence-electron chi connectivity index (χ1n) is 10.0. The Kier molecular flexibility index (Phi) is 11.9. The number of hydrogen-bond acceptors (Lipinski definition) is 5. The number of anilines is 1. The maximum Gasteiger partial charge on any atom is 0.246 e. The van der Waals surface area contributed by atoms with Crippen LogP contribution in [0.2, 0.25) is 15.2 Å². The van der Waals surface area contributed by atoms with Gasteiger partial charge in [0.1, 0.15) is 11.8 Å². The normalized spacial score (nSPS) is 10.5. The number of aryl methyl sites for hydroxylation is 1. The molecule has 8 nitrogen and oxygen atoms in total. The lowest BCUT2D eigenvalue weighted by atomic mass is 10.2. The molecule has 0 fully saturated rings. The molecule has 1 aromatic carbocycles. The average molecular weight is 586 g/mol. The molecule has 2 aromatic heterocycles. The molecular weight excluding hydrogens is 560 g/mol. The average Bonchev–Trinajstić information content (AvgIpc) is 3.05. The smallest absolute Gasteiger partial charge is 0.246 e. The van der Waals surface area contributed by atoms with Gasteiger partial charge >= 0.3 is 0 Å². The Labute approximate surface area is 231 Å². The lowest BCUT2D eigenvalue weighted by Crippen LogP contribution is -2.41. The number of carbonyl (C=O) groups is 2. The molecule has 0 saturated heterocycles. The number of carbonyl (C=O) groups excluding carboxylic acids is 2. The standard InChI is InChI=1S/C22H24Cl3N5O3.2ClH/c1-13-21(25)30-9-5-6-17(22(30)27-13)33-12-14-15(23)7-8-16(20(14)24)29(4)19(32)10-26-18(31)11-28(2)3;;/h5-9H,10-12H2,1-4H3,(H,26,31);2*1H. The largest absolute Gasteiger partial charge is 0.485 e. The SMILES string of the molecule is Cc1nc2c(OCc3c(Cl)ccc(N(C)C(=O)CNC(=O)CN(C)C)c3Cl)cccn2c1Cl.Cl.Cl. The number of nitrogens with one attached hydrogen (secondary N) is 1. The van der Waals surface area contributed by atoms with Gasteiger partial charge in [-0.15, -0.1) is 24.8 Å². The van der Waals surface area contributed by atoms with Crippen molar-refractivity contribution in [2.45, 2.75) is 13.5 Å². The van der Waals surface area contributed by atoms with Gasteiger partial charge in [0, 0.05) is 23.8 Å². The number of hydrogen-bond donors (Lipinski definition) is 1. The summed E-state index contributed by atoms with van der Waals surface area (Å²) in [7, 11) is 5.12. The van der Waals surface area contributed by atoms with Gasteiger partial charge in [-0.25, -0.2) is 4.98 Å². The highest BCUT2D eigenvalue weighted by atomic mass is 35.5. The highest BCUT2D eigenvalue weighted by molar-refractivity contribution is 6.38. The zero-order valence-electron chi connectivity index (χ0n) is 19.5. The summed E-state index contributed by atoms with van der Waals surface area (Å²) in [6, 6.07) is 6.86. The van der Waals surface area contributed by atoms with Crippen LogP contribution >= 0.6 is 59.6 Å². The fourth-order valence-electron chi connectivity index (χ4n) is 3.14. The Bertz CT molecular complexity index is 1200. The van der Waals surface area contributed by atoms with Gasteiger partial charge in [0.05, 0.1) is 29.5 Å². The number of ether oxygens (including phenoxy) is 1. The summed E-state index contributed by atoms with van der Waals surface area (Å²) in [5, 5.41) is 3.78. The van der Waals surface area contributed by atoms with Gasteiger partial charge in [-0.05, 0) is 45.3 Å². The minimum Gasteiger partial charge on any atom is -0.485 e. The lowest BCUT2D eigenvalue weighted by Gasteiger charge is -2.21. The monoisotopic (exact) mass is 583 g/mol. The van der Waals surface area contributed by atoms with Crippen molar-refractivity contribution in [3.05, 3.63) is 56.9 Å². The molecule has 0 saturated carbocycles. The number of aromatic nitrogens is 2. The van der Waals surface area contributed by atoms with E-state index in [2.05, 4.69) is 10.3 Å². The Balaban J connectivity index is 0.00000306. The van der Waals surface area contributed by atoms with E-state index >= 15 is 0 Å². The van der Waals surface area contributed by atoms with Gasteiger partial charge in [-0.2, -0.15) is 0 Å². The number of amides is 2. The number of halogens is 5. The molecule has 3 rings (SSSR count). The van der Waals surface area contributed by atoms with Crippen molar-refractivity contribution in [2.24, 2.45) is 0 Å². The third-order valence-electron chi connectivity index (χ3n) is 4.88. The van der Waals surface area contributed by atoms with Gasteiger partial charge in [0.15, 0.2) is 11.4 Å². The summed E-state index contributed by atoms with van der Waals surface area (Å²) >= 11 is 19.3. The van der Waals surface area contributed by atoms with Gasteiger partial charge < -0.3 is 19.9 Å². The number of benzene rings is 1. The van der Waals surface area contributed by atoms with E-state index in [-0.39, 0.29) is 61.3 Å². The van der Waals surface area contributed by atoms with Crippen LogP contribution in [0, 0.1) is 6.92 Å². The summed E-state index contributed by atoms with van der Waals surface area (Å²) in [6.07, 6.45) is 1.79. The van der Waals surface area contributed by atoms with Crippen LogP contribution in [0.3, 0.4) is 0 Å². The number of pyridine rings is 1. The fourth-order valence-corrected chi connectivity index (χ4v) is 3.92. The molecule has 192 valence electrons. The van der Waals surface area contributed by atoms with Gasteiger partial charge in [-0.3, -0.25) is 14.0 Å². The van der Waals surface area contributed by atoms with E-state index in [4.69, 9.17) is 39.5 Å². The first-order valence-corrected chi connectivity index (χ1v) is 11.1. The van der Waals surface area contributed by atoms with E-state index in [1.54, 1.807) is 60.9 Å². The van der Waals surface area contributed by atoms with Crippen LogP contribution < -0.4 is 15.0 Å². The van der Waals surface area contributed by atoms with E-state index < -0.39 is 0 Å². The molecule has 0 aliphatic rings. The molecule has 0 atom stereocenters. The summed E-state index contributed by atoms with van der Waals surface area (Å²) < 4.78 is 7.70. The van der Waals surface area contributed by atoms with Crippen molar-refractivity contribution in [3.8, 4) is 5.75 Å². The van der Waals surface area contributed by atoms with E-state index in [0.29, 0.717) is 38.5 Å². The van der Waals surface area contributed by atoms with E-state index in [9.17, 15) is 9.59 Å². The number of nitrogens with zero attached hydrogens (tertiary/aromatic N) is 4. The Morgan fingerprint density at radius 2 is 1.80 bits per heavy atom. The van der Waals surface area contributed by atoms with Crippen molar-refractivity contribution in [2.75, 3.05) is 39.1 Å². The maximum absolute atomic E-state index is 12.6. The topological polar surface area (TPSA) is 79.2 Å². The predicted molar refractivity (Wildman–Crippen MR) is 145 cm³/mol. The lowest BCUT2D eigenvalue weighted by molar-refractivity contribution is -0.125. The van der Waals surface area contributed by atoms with Crippen molar-refractivity contribution < 1.29 is 14.3 Å². The maximum atomic E-state index is 12.6. The summed E-state index contributed by atoms with van der Waals surface area (Å²) in [4.78, 5) is 31.9. The fraction of sp³-hybridized carbons (Fsp3) is 0.318. The second kappa shape index (κ2) is 13.4. The number of likely N-dealkylation sites (N-methyl/N-ethyl adjacent to an activating group) is 2. The Morgan fingerprint density at radius 3 is 2.46 bits per heavy atom. The summed E-state index contributed by atoms with van der Waals surface area (Å²) in [6.45, 7) is 1.90. The molecule has 0 aliphatic heterocycles. The first kappa shape index (κ1) is 31.1. The summed E-state index contributed by atoms with van der Waals surface area (Å²) in [5.41, 5.74) is 2.22. The third kappa shape index (κ3) is 7.29. The van der Waals surface area contributed by atoms with E-state index in [1.807, 2.05) is 6.92 Å². The molecule has 1 N–H and O–H groups in total. The van der Waals surface area contributed by atoms with Crippen LogP contribution in [0.4, 0.5) is 5.69 Å². The minimum absolute atomic E-state index is 0. The second-order valence-corrected chi connectivity index (χ2v) is 8.81. The predicted octanol–water partition coefficient (Wildman–Crippen LogP) is 4.67. The third-order valence-corrected chi connectivity index (χ3v) is 6.12. The van der Waals surface area contributed by atoms with Gasteiger partial charge in [0.2, 0.25) is 11.8 Å². The van der Waals surface area contributed by atoms with Crippen LogP contribution in [0.25, 0.3) is 5.65 Å². The van der Waals surface area contributed by atoms with Gasteiger partial charge in [0.25, 0.3) is 0 Å². The van der Waals surface area contributed by atoms with Crippen LogP contribution in [0.15, 0.2) is 30.5 Å². The molecule has 0 bridgehead atoms. The van der Waals surface area contributed by atoms with E-state index in [0.717, 1.165) is 0 Å². The molecule has 2 amide bonds. The molecule has 0 spiro atoms. The van der Waals surface area contributed by atoms with Crippen LogP contribution in [0.1, 0.15) is 11.3 Å². The van der Waals surface area contributed by atoms with Crippen molar-refractivity contribution in [3.63, 3.8) is 0 Å². The van der Waals surface area contributed by atoms with Gasteiger partial charge in [-0.1, -0.05) is 34.8 Å². The zero-order valence-corrected chi connectivity index (χ0v) is 23.4. The molecule has 0 aliphatic carbocycles. The highest BCUT2D eigenvalue weighted by Gasteiger charge is 2.20. The molecule has 13 heteroatoms. The molecular formula is C22H26Cl5N5O3. The zero-order chi connectivity index (χ0) is 24.3.